The predicted octanol–water partition coefficient (Wildman–Crippen LogP) is 3.09. The van der Waals surface area contributed by atoms with Gasteiger partial charge in [-0.05, 0) is 82.5 Å². The van der Waals surface area contributed by atoms with Gasteiger partial charge in [0.25, 0.3) is 0 Å². The maximum absolute atomic E-state index is 12.2. The summed E-state index contributed by atoms with van der Waals surface area (Å²) in [7, 11) is 0. The van der Waals surface area contributed by atoms with Crippen LogP contribution < -0.4 is 21.3 Å². The molecule has 0 aliphatic carbocycles. The second-order valence-corrected chi connectivity index (χ2v) is 15.1. The summed E-state index contributed by atoms with van der Waals surface area (Å²) in [5.74, 6) is -2.24. The van der Waals surface area contributed by atoms with E-state index in [9.17, 15) is 54.4 Å². The molecule has 0 aromatic rings. The molecule has 0 fully saturated rings. The summed E-state index contributed by atoms with van der Waals surface area (Å²) < 4.78 is 0. The zero-order chi connectivity index (χ0) is 42.4. The maximum Gasteiger partial charge on any atom is 0.341 e. The van der Waals surface area contributed by atoms with Crippen LogP contribution in [0, 0.1) is 5.41 Å². The minimum Gasteiger partial charge on any atom is -0.356 e. The van der Waals surface area contributed by atoms with Crippen molar-refractivity contribution >= 4 is 41.5 Å². The molecular formula is C37H70N8O11. The number of nitrogens with one attached hydrogen (secondary N) is 4. The van der Waals surface area contributed by atoms with Crippen molar-refractivity contribution in [1.29, 1.82) is 0 Å². The molecule has 0 spiro atoms. The van der Waals surface area contributed by atoms with Crippen LogP contribution in [-0.2, 0) is 28.8 Å². The molecule has 0 aromatic carbocycles. The van der Waals surface area contributed by atoms with Crippen LogP contribution in [0.5, 0.6) is 0 Å². The number of hydrogen-bond donors (Lipinski definition) is 8. The lowest BCUT2D eigenvalue weighted by Crippen LogP contribution is -2.38. The maximum atomic E-state index is 12.2. The van der Waals surface area contributed by atoms with E-state index in [4.69, 9.17) is 0 Å². The number of nitrogens with zero attached hydrogens (tertiary/aromatic N) is 4. The van der Waals surface area contributed by atoms with Gasteiger partial charge in [-0.1, -0.05) is 20.8 Å². The van der Waals surface area contributed by atoms with Crippen molar-refractivity contribution in [3.63, 3.8) is 0 Å². The second kappa shape index (κ2) is 31.1. The van der Waals surface area contributed by atoms with E-state index in [1.165, 1.54) is 6.92 Å². The average molecular weight is 803 g/mol. The number of unbranched alkanes of at least 4 members (excludes halogenated alkanes) is 8. The second-order valence-electron chi connectivity index (χ2n) is 15.1. The Morgan fingerprint density at radius 1 is 0.429 bits per heavy atom. The third kappa shape index (κ3) is 30.2. The minimum absolute atomic E-state index is 0.0106. The Kier molecular flexibility index (Phi) is 28.8. The molecule has 56 heavy (non-hydrogen) atoms. The Balaban J connectivity index is 3.81. The van der Waals surface area contributed by atoms with Crippen molar-refractivity contribution in [1.82, 2.24) is 41.5 Å². The third-order valence-corrected chi connectivity index (χ3v) is 8.43. The van der Waals surface area contributed by atoms with Crippen LogP contribution in [0.4, 0.5) is 4.79 Å². The van der Waals surface area contributed by atoms with Crippen molar-refractivity contribution in [2.24, 2.45) is 5.41 Å². The number of amides is 8. The van der Waals surface area contributed by atoms with Gasteiger partial charge in [-0.2, -0.15) is 0 Å². The fraction of sp³-hybridized carbons (Fsp3) is 0.811. The first-order valence-electron chi connectivity index (χ1n) is 19.9. The molecule has 19 heteroatoms. The molecule has 19 nitrogen and oxygen atoms in total. The molecule has 0 bridgehead atoms. The molecule has 0 radical (unpaired) electrons. The lowest BCUT2D eigenvalue weighted by molar-refractivity contribution is -0.166. The molecule has 0 aliphatic heterocycles. The lowest BCUT2D eigenvalue weighted by atomic mass is 9.92. The van der Waals surface area contributed by atoms with E-state index < -0.39 is 23.8 Å². The smallest absolute Gasteiger partial charge is 0.341 e. The minimum atomic E-state index is -0.606. The van der Waals surface area contributed by atoms with Crippen molar-refractivity contribution in [3.05, 3.63) is 0 Å². The number of urea groups is 1. The standard InChI is InChI=1S/C37H70N8O11/c1-30(46)42(53)25-13-5-9-21-38-31(47)17-19-34(50)43(54)26-14-6-10-22-39-32(48)18-20-35(51)44(55)27-15-8-12-24-41-36(52)45(56)28-16-7-11-23-40-33(49)29-37(2,3)4/h53-56H,5-29H2,1-4H3,(H,38,47)(H,39,48)(H,40,49)(H,41,52). The van der Waals surface area contributed by atoms with Gasteiger partial charge in [0, 0.05) is 84.8 Å². The Morgan fingerprint density at radius 3 is 1.14 bits per heavy atom. The van der Waals surface area contributed by atoms with Crippen LogP contribution in [0.3, 0.4) is 0 Å². The predicted molar refractivity (Wildman–Crippen MR) is 205 cm³/mol. The molecule has 0 saturated heterocycles. The molecule has 324 valence electrons. The Hall–Kier alpha value is -4.07. The van der Waals surface area contributed by atoms with Crippen molar-refractivity contribution in [2.75, 3.05) is 52.4 Å². The van der Waals surface area contributed by atoms with Gasteiger partial charge in [-0.25, -0.2) is 25.0 Å². The summed E-state index contributed by atoms with van der Waals surface area (Å²) in [5, 5.41) is 52.5. The zero-order valence-electron chi connectivity index (χ0n) is 34.1. The molecular weight excluding hydrogens is 732 g/mol. The van der Waals surface area contributed by atoms with Gasteiger partial charge in [0.05, 0.1) is 6.54 Å². The van der Waals surface area contributed by atoms with E-state index in [0.29, 0.717) is 117 Å². The van der Waals surface area contributed by atoms with E-state index in [1.807, 2.05) is 20.8 Å². The summed E-state index contributed by atoms with van der Waals surface area (Å²) in [4.78, 5) is 83.1. The third-order valence-electron chi connectivity index (χ3n) is 8.43. The number of rotatable bonds is 31. The molecule has 0 unspecified atom stereocenters. The van der Waals surface area contributed by atoms with Gasteiger partial charge in [0.15, 0.2) is 0 Å². The number of hydrogen-bond acceptors (Lipinski definition) is 11. The quantitative estimate of drug-likeness (QED) is 0.0287. The van der Waals surface area contributed by atoms with Crippen molar-refractivity contribution in [3.8, 4) is 0 Å². The van der Waals surface area contributed by atoms with Crippen molar-refractivity contribution in [2.45, 2.75) is 137 Å². The molecule has 8 amide bonds. The highest BCUT2D eigenvalue weighted by Crippen LogP contribution is 2.17. The van der Waals surface area contributed by atoms with E-state index in [2.05, 4.69) is 21.3 Å². The largest absolute Gasteiger partial charge is 0.356 e. The highest BCUT2D eigenvalue weighted by molar-refractivity contribution is 5.83. The fourth-order valence-electron chi connectivity index (χ4n) is 5.15. The summed E-state index contributed by atoms with van der Waals surface area (Å²) >= 11 is 0. The fourth-order valence-corrected chi connectivity index (χ4v) is 5.15. The van der Waals surface area contributed by atoms with E-state index in [1.54, 1.807) is 0 Å². The molecule has 0 aliphatic rings. The van der Waals surface area contributed by atoms with Crippen molar-refractivity contribution < 1.29 is 54.4 Å². The zero-order valence-corrected chi connectivity index (χ0v) is 34.1. The molecule has 0 heterocycles. The average Bonchev–Trinajstić information content (AvgIpc) is 3.13. The summed E-state index contributed by atoms with van der Waals surface area (Å²) in [6, 6.07) is -0.606. The van der Waals surface area contributed by atoms with Crippen LogP contribution >= 0.6 is 0 Å². The molecule has 8 N–H and O–H groups in total. The van der Waals surface area contributed by atoms with Crippen LogP contribution in [0.15, 0.2) is 0 Å². The highest BCUT2D eigenvalue weighted by Gasteiger charge is 2.17. The molecule has 0 rings (SSSR count). The van der Waals surface area contributed by atoms with E-state index in [0.717, 1.165) is 12.8 Å². The van der Waals surface area contributed by atoms with Gasteiger partial charge in [0.1, 0.15) is 0 Å². The normalized spacial score (nSPS) is 11.0. The number of carbonyl (C=O) groups excluding carboxylic acids is 7. The summed E-state index contributed by atoms with van der Waals surface area (Å²) in [6.45, 7) is 9.42. The van der Waals surface area contributed by atoms with E-state index in [-0.39, 0.29) is 75.0 Å². The van der Waals surface area contributed by atoms with Gasteiger partial charge in [0.2, 0.25) is 35.4 Å². The van der Waals surface area contributed by atoms with Gasteiger partial charge in [-0.15, -0.1) is 0 Å². The Morgan fingerprint density at radius 2 is 0.768 bits per heavy atom. The monoisotopic (exact) mass is 803 g/mol. The van der Waals surface area contributed by atoms with Crippen LogP contribution in [-0.4, -0.2) is 135 Å². The highest BCUT2D eigenvalue weighted by atomic mass is 16.5. The number of carbonyl (C=O) groups is 7. The first kappa shape index (κ1) is 51.9. The van der Waals surface area contributed by atoms with Gasteiger partial charge >= 0.3 is 6.03 Å². The summed E-state index contributed by atoms with van der Waals surface area (Å²) in [5.41, 5.74) is -0.0682. The molecule has 0 aromatic heterocycles. The number of hydroxylamine groups is 8. The Bertz CT molecular complexity index is 1190. The molecule has 0 saturated carbocycles. The van der Waals surface area contributed by atoms with Gasteiger partial charge in [-0.3, -0.25) is 49.6 Å². The first-order valence-corrected chi connectivity index (χ1v) is 19.9. The first-order chi connectivity index (χ1) is 26.4. The van der Waals surface area contributed by atoms with Crippen LogP contribution in [0.25, 0.3) is 0 Å². The Labute approximate surface area is 331 Å². The molecule has 0 atom stereocenters. The van der Waals surface area contributed by atoms with Gasteiger partial charge < -0.3 is 21.3 Å². The van der Waals surface area contributed by atoms with E-state index >= 15 is 0 Å². The summed E-state index contributed by atoms with van der Waals surface area (Å²) in [6.07, 6.45) is 7.34. The van der Waals surface area contributed by atoms with Crippen LogP contribution in [0.1, 0.15) is 137 Å². The lowest BCUT2D eigenvalue weighted by Gasteiger charge is -2.17. The SMILES string of the molecule is CC(=O)N(O)CCCCCNC(=O)CCC(=O)N(O)CCCCCNC(=O)CCC(=O)N(O)CCCCCNC(=O)N(O)CCCCCNC(=O)CC(C)(C)C. The van der Waals surface area contributed by atoms with Crippen LogP contribution in [0.2, 0.25) is 0 Å². The topological polar surface area (TPSA) is 261 Å².